The topological polar surface area (TPSA) is 41.1 Å². The van der Waals surface area contributed by atoms with Crippen LogP contribution < -0.4 is 10.2 Å². The highest BCUT2D eigenvalue weighted by atomic mass is 15.2. The van der Waals surface area contributed by atoms with Crippen molar-refractivity contribution in [3.8, 4) is 0 Å². The molecule has 108 valence electrons. The predicted octanol–water partition coefficient (Wildman–Crippen LogP) is 3.34. The molecule has 0 aliphatic heterocycles. The number of nitrogens with one attached hydrogen (secondary N) is 1. The molecule has 4 nitrogen and oxygen atoms in total. The fraction of sp³-hybridized carbons (Fsp3) is 0.733. The van der Waals surface area contributed by atoms with Gasteiger partial charge in [-0.2, -0.15) is 4.98 Å². The maximum absolute atomic E-state index is 4.67. The molecule has 1 rings (SSSR count). The van der Waals surface area contributed by atoms with Crippen LogP contribution in [0.1, 0.15) is 40.2 Å². The summed E-state index contributed by atoms with van der Waals surface area (Å²) in [4.78, 5) is 11.4. The first-order valence-electron chi connectivity index (χ1n) is 7.26. The highest BCUT2D eigenvalue weighted by Gasteiger charge is 2.15. The number of hydrogen-bond acceptors (Lipinski definition) is 4. The lowest BCUT2D eigenvalue weighted by molar-refractivity contribution is 0.547. The molecule has 0 saturated carbocycles. The summed E-state index contributed by atoms with van der Waals surface area (Å²) in [5.74, 6) is 3.03. The van der Waals surface area contributed by atoms with Gasteiger partial charge in [-0.1, -0.05) is 27.7 Å². The van der Waals surface area contributed by atoms with E-state index in [1.807, 2.05) is 6.20 Å². The van der Waals surface area contributed by atoms with Crippen molar-refractivity contribution in [2.24, 2.45) is 11.8 Å². The molecule has 1 aromatic rings. The Bertz CT molecular complexity index is 378. The molecule has 0 aliphatic rings. The third-order valence-corrected chi connectivity index (χ3v) is 2.75. The van der Waals surface area contributed by atoms with E-state index in [1.165, 1.54) is 0 Å². The van der Waals surface area contributed by atoms with Gasteiger partial charge in [0.25, 0.3) is 0 Å². The van der Waals surface area contributed by atoms with Crippen molar-refractivity contribution in [1.82, 2.24) is 9.97 Å². The van der Waals surface area contributed by atoms with Gasteiger partial charge in [0.2, 0.25) is 5.95 Å². The summed E-state index contributed by atoms with van der Waals surface area (Å²) >= 11 is 0. The molecule has 0 saturated heterocycles. The zero-order valence-electron chi connectivity index (χ0n) is 13.2. The standard InChI is InChI=1S/C15H28N4/c1-7-16-15-17-8-13(6)14(18-15)19(9-11(2)3)10-12(4)5/h8,11-12H,7,9-10H2,1-6H3,(H,16,17,18). The van der Waals surface area contributed by atoms with Crippen molar-refractivity contribution in [3.05, 3.63) is 11.8 Å². The minimum absolute atomic E-state index is 0.621. The Morgan fingerprint density at radius 2 is 1.74 bits per heavy atom. The molecule has 4 heteroatoms. The number of rotatable bonds is 7. The lowest BCUT2D eigenvalue weighted by atomic mass is 10.1. The van der Waals surface area contributed by atoms with E-state index < -0.39 is 0 Å². The third-order valence-electron chi connectivity index (χ3n) is 2.75. The van der Waals surface area contributed by atoms with Gasteiger partial charge in [-0.05, 0) is 25.7 Å². The number of hydrogen-bond donors (Lipinski definition) is 1. The first-order valence-corrected chi connectivity index (χ1v) is 7.26. The Labute approximate surface area is 117 Å². The van der Waals surface area contributed by atoms with Crippen molar-refractivity contribution < 1.29 is 0 Å². The van der Waals surface area contributed by atoms with Crippen molar-refractivity contribution in [2.45, 2.75) is 41.5 Å². The monoisotopic (exact) mass is 264 g/mol. The van der Waals surface area contributed by atoms with Crippen LogP contribution in [-0.2, 0) is 0 Å². The summed E-state index contributed by atoms with van der Waals surface area (Å²) in [5.41, 5.74) is 1.14. The minimum atomic E-state index is 0.621. The van der Waals surface area contributed by atoms with Gasteiger partial charge in [-0.15, -0.1) is 0 Å². The second-order valence-corrected chi connectivity index (χ2v) is 5.92. The fourth-order valence-electron chi connectivity index (χ4n) is 2.13. The Balaban J connectivity index is 3.01. The van der Waals surface area contributed by atoms with Crippen LogP contribution in [0.15, 0.2) is 6.20 Å². The molecule has 0 amide bonds. The maximum Gasteiger partial charge on any atom is 0.224 e. The van der Waals surface area contributed by atoms with E-state index in [1.54, 1.807) is 0 Å². The Morgan fingerprint density at radius 3 is 2.21 bits per heavy atom. The molecule has 1 N–H and O–H groups in total. The van der Waals surface area contributed by atoms with Crippen molar-refractivity contribution >= 4 is 11.8 Å². The fourth-order valence-corrected chi connectivity index (χ4v) is 2.13. The maximum atomic E-state index is 4.67. The molecule has 0 aliphatic carbocycles. The molecule has 0 bridgehead atoms. The van der Waals surface area contributed by atoms with E-state index in [2.05, 4.69) is 61.7 Å². The van der Waals surface area contributed by atoms with Crippen LogP contribution in [0.5, 0.6) is 0 Å². The van der Waals surface area contributed by atoms with E-state index in [-0.39, 0.29) is 0 Å². The molecular formula is C15H28N4. The quantitative estimate of drug-likeness (QED) is 0.820. The van der Waals surface area contributed by atoms with E-state index in [9.17, 15) is 0 Å². The summed E-state index contributed by atoms with van der Waals surface area (Å²) in [6.07, 6.45) is 1.91. The number of aromatic nitrogens is 2. The molecule has 0 fully saturated rings. The second kappa shape index (κ2) is 7.31. The molecule has 0 atom stereocenters. The minimum Gasteiger partial charge on any atom is -0.356 e. The van der Waals surface area contributed by atoms with Crippen LogP contribution in [0.4, 0.5) is 11.8 Å². The summed E-state index contributed by atoms with van der Waals surface area (Å²) in [7, 11) is 0. The van der Waals surface area contributed by atoms with Gasteiger partial charge in [0.15, 0.2) is 0 Å². The molecule has 1 heterocycles. The predicted molar refractivity (Wildman–Crippen MR) is 82.8 cm³/mol. The SMILES string of the molecule is CCNc1ncc(C)c(N(CC(C)C)CC(C)C)n1. The lowest BCUT2D eigenvalue weighted by Gasteiger charge is -2.28. The van der Waals surface area contributed by atoms with Crippen LogP contribution in [0.2, 0.25) is 0 Å². The van der Waals surface area contributed by atoms with Gasteiger partial charge in [-0.3, -0.25) is 0 Å². The second-order valence-electron chi connectivity index (χ2n) is 5.92. The van der Waals surface area contributed by atoms with Crippen LogP contribution >= 0.6 is 0 Å². The van der Waals surface area contributed by atoms with Gasteiger partial charge in [0.1, 0.15) is 5.82 Å². The van der Waals surface area contributed by atoms with Crippen LogP contribution in [-0.4, -0.2) is 29.6 Å². The third kappa shape index (κ3) is 5.05. The Morgan fingerprint density at radius 1 is 1.16 bits per heavy atom. The summed E-state index contributed by atoms with van der Waals surface area (Å²) in [6.45, 7) is 16.0. The Kier molecular flexibility index (Phi) is 6.06. The zero-order valence-corrected chi connectivity index (χ0v) is 13.2. The molecular weight excluding hydrogens is 236 g/mol. The first kappa shape index (κ1) is 15.7. The average Bonchev–Trinajstić information content (AvgIpc) is 2.30. The Hall–Kier alpha value is -1.32. The lowest BCUT2D eigenvalue weighted by Crippen LogP contribution is -2.32. The molecule has 0 radical (unpaired) electrons. The van der Waals surface area contributed by atoms with E-state index >= 15 is 0 Å². The number of aryl methyl sites for hydroxylation is 1. The largest absolute Gasteiger partial charge is 0.356 e. The smallest absolute Gasteiger partial charge is 0.224 e. The van der Waals surface area contributed by atoms with Crippen molar-refractivity contribution in [1.29, 1.82) is 0 Å². The van der Waals surface area contributed by atoms with E-state index in [0.29, 0.717) is 11.8 Å². The van der Waals surface area contributed by atoms with Crippen molar-refractivity contribution in [2.75, 3.05) is 29.9 Å². The number of anilines is 2. The van der Waals surface area contributed by atoms with E-state index in [4.69, 9.17) is 0 Å². The number of nitrogens with zero attached hydrogens (tertiary/aromatic N) is 3. The van der Waals surface area contributed by atoms with Gasteiger partial charge in [0.05, 0.1) is 0 Å². The van der Waals surface area contributed by atoms with Gasteiger partial charge >= 0.3 is 0 Å². The van der Waals surface area contributed by atoms with Gasteiger partial charge < -0.3 is 10.2 Å². The first-order chi connectivity index (χ1) is 8.93. The summed E-state index contributed by atoms with van der Waals surface area (Å²) in [5, 5.41) is 3.19. The van der Waals surface area contributed by atoms with Crippen LogP contribution in [0, 0.1) is 18.8 Å². The summed E-state index contributed by atoms with van der Waals surface area (Å²) in [6, 6.07) is 0. The summed E-state index contributed by atoms with van der Waals surface area (Å²) < 4.78 is 0. The molecule has 19 heavy (non-hydrogen) atoms. The zero-order chi connectivity index (χ0) is 14.4. The van der Waals surface area contributed by atoms with Crippen LogP contribution in [0.3, 0.4) is 0 Å². The van der Waals surface area contributed by atoms with Gasteiger partial charge in [0, 0.05) is 31.4 Å². The normalized spacial score (nSPS) is 11.2. The molecule has 0 aromatic carbocycles. The highest BCUT2D eigenvalue weighted by Crippen LogP contribution is 2.20. The van der Waals surface area contributed by atoms with Gasteiger partial charge in [-0.25, -0.2) is 4.98 Å². The van der Waals surface area contributed by atoms with E-state index in [0.717, 1.165) is 37.0 Å². The molecule has 0 spiro atoms. The highest BCUT2D eigenvalue weighted by molar-refractivity contribution is 5.49. The van der Waals surface area contributed by atoms with Crippen molar-refractivity contribution in [3.63, 3.8) is 0 Å². The molecule has 0 unspecified atom stereocenters. The van der Waals surface area contributed by atoms with Crippen LogP contribution in [0.25, 0.3) is 0 Å². The average molecular weight is 264 g/mol. The molecule has 1 aromatic heterocycles.